The van der Waals surface area contributed by atoms with E-state index in [2.05, 4.69) is 4.74 Å². The van der Waals surface area contributed by atoms with Crippen LogP contribution in [0.3, 0.4) is 0 Å². The Hall–Kier alpha value is -1.80. The molecule has 0 amide bonds. The van der Waals surface area contributed by atoms with Gasteiger partial charge >= 0.3 is 12.3 Å². The van der Waals surface area contributed by atoms with E-state index in [0.29, 0.717) is 0 Å². The summed E-state index contributed by atoms with van der Waals surface area (Å²) in [6, 6.07) is 2.92. The third-order valence-corrected chi connectivity index (χ3v) is 2.62. The highest BCUT2D eigenvalue weighted by atomic mass is 35.5. The van der Waals surface area contributed by atoms with E-state index in [1.54, 1.807) is 0 Å². The first-order valence-corrected chi connectivity index (χ1v) is 5.96. The Balaban J connectivity index is 3.48. The number of hydrogen-bond donors (Lipinski definition) is 2. The Morgan fingerprint density at radius 1 is 1.33 bits per heavy atom. The van der Waals surface area contributed by atoms with E-state index in [4.69, 9.17) is 16.7 Å². The molecule has 5 nitrogen and oxygen atoms in total. The zero-order valence-electron chi connectivity index (χ0n) is 10.5. The molecule has 9 heteroatoms. The summed E-state index contributed by atoms with van der Waals surface area (Å²) in [6.45, 7) is 1.26. The standard InChI is InChI=1S/C12H10ClF3O5/c1-5(13)9(17)6-3-2-4-7(21-12(14,15)16)8(6)10(18)11(19)20/h2-5,10,18H,1H3,(H,19,20). The van der Waals surface area contributed by atoms with Crippen molar-refractivity contribution >= 4 is 23.4 Å². The Bertz CT molecular complexity index is 556. The first-order chi connectivity index (χ1) is 9.54. The zero-order chi connectivity index (χ0) is 16.4. The van der Waals surface area contributed by atoms with Crippen LogP contribution in [0.5, 0.6) is 5.75 Å². The summed E-state index contributed by atoms with van der Waals surface area (Å²) in [6.07, 6.45) is -7.47. The van der Waals surface area contributed by atoms with Gasteiger partial charge in [0, 0.05) is 11.1 Å². The van der Waals surface area contributed by atoms with Crippen molar-refractivity contribution in [3.63, 3.8) is 0 Å². The van der Waals surface area contributed by atoms with Gasteiger partial charge in [0.25, 0.3) is 0 Å². The largest absolute Gasteiger partial charge is 0.573 e. The lowest BCUT2D eigenvalue weighted by molar-refractivity contribution is -0.275. The lowest BCUT2D eigenvalue weighted by atomic mass is 9.96. The minimum absolute atomic E-state index is 0.450. The first kappa shape index (κ1) is 17.3. The maximum absolute atomic E-state index is 12.3. The summed E-state index contributed by atoms with van der Waals surface area (Å²) in [7, 11) is 0. The summed E-state index contributed by atoms with van der Waals surface area (Å²) in [5.41, 5.74) is -1.24. The van der Waals surface area contributed by atoms with Crippen molar-refractivity contribution < 1.29 is 37.7 Å². The number of ether oxygens (including phenoxy) is 1. The second kappa shape index (κ2) is 6.31. The molecule has 116 valence electrons. The van der Waals surface area contributed by atoms with Crippen molar-refractivity contribution in [2.75, 3.05) is 0 Å². The summed E-state index contributed by atoms with van der Waals surface area (Å²) in [4.78, 5) is 22.7. The number of alkyl halides is 4. The minimum atomic E-state index is -5.11. The summed E-state index contributed by atoms with van der Waals surface area (Å²) >= 11 is 5.56. The van der Waals surface area contributed by atoms with Crippen molar-refractivity contribution in [2.45, 2.75) is 24.8 Å². The molecule has 1 rings (SSSR count). The predicted octanol–water partition coefficient (Wildman–Crippen LogP) is 2.51. The number of hydrogen-bond acceptors (Lipinski definition) is 4. The van der Waals surface area contributed by atoms with Gasteiger partial charge in [-0.3, -0.25) is 4.79 Å². The Kier molecular flexibility index (Phi) is 5.19. The Morgan fingerprint density at radius 2 is 1.90 bits per heavy atom. The molecule has 0 saturated carbocycles. The van der Waals surface area contributed by atoms with Crippen LogP contribution in [0.1, 0.15) is 28.9 Å². The van der Waals surface area contributed by atoms with E-state index < -0.39 is 46.5 Å². The van der Waals surface area contributed by atoms with Crippen molar-refractivity contribution in [2.24, 2.45) is 0 Å². The van der Waals surface area contributed by atoms with Gasteiger partial charge in [0.15, 0.2) is 11.9 Å². The summed E-state index contributed by atoms with van der Waals surface area (Å²) < 4.78 is 40.6. The molecule has 0 aliphatic rings. The van der Waals surface area contributed by atoms with Gasteiger partial charge in [0.2, 0.25) is 0 Å². The molecule has 21 heavy (non-hydrogen) atoms. The second-order valence-corrected chi connectivity index (χ2v) is 4.64. The summed E-state index contributed by atoms with van der Waals surface area (Å²) in [5, 5.41) is 17.2. The molecule has 1 aromatic carbocycles. The van der Waals surface area contributed by atoms with E-state index in [-0.39, 0.29) is 0 Å². The van der Waals surface area contributed by atoms with E-state index >= 15 is 0 Å². The fourth-order valence-corrected chi connectivity index (χ4v) is 1.71. The number of carbonyl (C=O) groups excluding carboxylic acids is 1. The van der Waals surface area contributed by atoms with Crippen molar-refractivity contribution in [3.8, 4) is 5.75 Å². The fraction of sp³-hybridized carbons (Fsp3) is 0.333. The number of carbonyl (C=O) groups is 2. The lowest BCUT2D eigenvalue weighted by Gasteiger charge is -2.18. The Morgan fingerprint density at radius 3 is 2.33 bits per heavy atom. The van der Waals surface area contributed by atoms with E-state index in [1.807, 2.05) is 0 Å². The first-order valence-electron chi connectivity index (χ1n) is 5.52. The molecule has 0 aromatic heterocycles. The molecule has 0 fully saturated rings. The smallest absolute Gasteiger partial charge is 0.479 e. The molecule has 0 bridgehead atoms. The maximum Gasteiger partial charge on any atom is 0.573 e. The molecule has 0 aliphatic carbocycles. The third-order valence-electron chi connectivity index (χ3n) is 2.43. The van der Waals surface area contributed by atoms with Gasteiger partial charge in [0.05, 0.1) is 5.38 Å². The van der Waals surface area contributed by atoms with Crippen LogP contribution in [0, 0.1) is 0 Å². The lowest BCUT2D eigenvalue weighted by Crippen LogP contribution is -2.23. The molecule has 2 unspecified atom stereocenters. The molecule has 0 saturated heterocycles. The average Bonchev–Trinajstić information content (AvgIpc) is 2.34. The topological polar surface area (TPSA) is 83.8 Å². The highest BCUT2D eigenvalue weighted by molar-refractivity contribution is 6.33. The van der Waals surface area contributed by atoms with Gasteiger partial charge in [-0.15, -0.1) is 24.8 Å². The van der Waals surface area contributed by atoms with Gasteiger partial charge in [-0.2, -0.15) is 0 Å². The monoisotopic (exact) mass is 326 g/mol. The number of aliphatic hydroxyl groups excluding tert-OH is 1. The third kappa shape index (κ3) is 4.33. The molecule has 0 heterocycles. The average molecular weight is 327 g/mol. The number of benzene rings is 1. The van der Waals surface area contributed by atoms with Crippen LogP contribution in [0.15, 0.2) is 18.2 Å². The zero-order valence-corrected chi connectivity index (χ0v) is 11.3. The van der Waals surface area contributed by atoms with E-state index in [1.165, 1.54) is 6.92 Å². The predicted molar refractivity (Wildman–Crippen MR) is 65.4 cm³/mol. The van der Waals surface area contributed by atoms with Crippen LogP contribution in [-0.4, -0.2) is 33.7 Å². The van der Waals surface area contributed by atoms with Crippen molar-refractivity contribution in [1.82, 2.24) is 0 Å². The van der Waals surface area contributed by atoms with Gasteiger partial charge in [-0.05, 0) is 13.0 Å². The van der Waals surface area contributed by atoms with E-state index in [9.17, 15) is 27.9 Å². The molecule has 2 atom stereocenters. The fourth-order valence-electron chi connectivity index (χ4n) is 1.59. The second-order valence-electron chi connectivity index (χ2n) is 3.99. The number of ketones is 1. The van der Waals surface area contributed by atoms with Crippen LogP contribution in [0.2, 0.25) is 0 Å². The summed E-state index contributed by atoms with van der Waals surface area (Å²) in [5.74, 6) is -3.63. The van der Waals surface area contributed by atoms with Gasteiger partial charge < -0.3 is 14.9 Å². The molecular formula is C12H10ClF3O5. The minimum Gasteiger partial charge on any atom is -0.479 e. The van der Waals surface area contributed by atoms with Gasteiger partial charge in [0.1, 0.15) is 5.75 Å². The molecular weight excluding hydrogens is 317 g/mol. The molecule has 0 spiro atoms. The van der Waals surface area contributed by atoms with Crippen molar-refractivity contribution in [1.29, 1.82) is 0 Å². The van der Waals surface area contributed by atoms with Crippen LogP contribution in [-0.2, 0) is 4.79 Å². The van der Waals surface area contributed by atoms with Crippen LogP contribution < -0.4 is 4.74 Å². The number of carboxylic acid groups (broad SMARTS) is 1. The number of halogens is 4. The highest BCUT2D eigenvalue weighted by Crippen LogP contribution is 2.34. The number of aliphatic carboxylic acids is 1. The molecule has 1 aromatic rings. The van der Waals surface area contributed by atoms with Gasteiger partial charge in [-0.25, -0.2) is 4.79 Å². The SMILES string of the molecule is CC(Cl)C(=O)c1cccc(OC(F)(F)F)c1C(O)C(=O)O. The quantitative estimate of drug-likeness (QED) is 0.641. The normalized spacial score (nSPS) is 14.4. The van der Waals surface area contributed by atoms with Crippen LogP contribution in [0.25, 0.3) is 0 Å². The number of aliphatic hydroxyl groups is 1. The number of Topliss-reactive ketones (excluding diaryl/α,β-unsaturated/α-hetero) is 1. The van der Waals surface area contributed by atoms with Crippen molar-refractivity contribution in [3.05, 3.63) is 29.3 Å². The van der Waals surface area contributed by atoms with Crippen LogP contribution >= 0.6 is 11.6 Å². The van der Waals surface area contributed by atoms with Crippen LogP contribution in [0.4, 0.5) is 13.2 Å². The molecule has 0 radical (unpaired) electrons. The molecule has 0 aliphatic heterocycles. The van der Waals surface area contributed by atoms with E-state index in [0.717, 1.165) is 18.2 Å². The highest BCUT2D eigenvalue weighted by Gasteiger charge is 2.36. The molecule has 2 N–H and O–H groups in total. The maximum atomic E-state index is 12.3. The van der Waals surface area contributed by atoms with Gasteiger partial charge in [-0.1, -0.05) is 12.1 Å². The number of carboxylic acids is 1. The Labute approximate surface area is 121 Å². The number of rotatable bonds is 5.